The molecule has 1 amide bonds. The number of allylic oxidation sites excluding steroid dienone is 9. The summed E-state index contributed by atoms with van der Waals surface area (Å²) in [7, 11) is 1.50. The largest absolute Gasteiger partial charge is 0.472 e. The molecule has 10 heteroatoms. The maximum atomic E-state index is 13.6. The molecule has 3 atom stereocenters. The summed E-state index contributed by atoms with van der Waals surface area (Å²) < 4.78 is 30.8. The Bertz CT molecular complexity index is 1540. The lowest BCUT2D eigenvalue weighted by molar-refractivity contribution is -0.870. The summed E-state index contributed by atoms with van der Waals surface area (Å²) in [5.74, 6) is -0.502. The van der Waals surface area contributed by atoms with E-state index >= 15 is 0 Å². The fraction of sp³-hybridized carbons (Fsp3) is 0.826. The lowest BCUT2D eigenvalue weighted by Crippen LogP contribution is -2.47. The molecule has 462 valence electrons. The molecule has 0 fully saturated rings. The Morgan fingerprint density at radius 3 is 1.16 bits per heavy atom. The maximum absolute atomic E-state index is 13.6. The lowest BCUT2D eigenvalue weighted by Gasteiger charge is -2.27. The normalized spacial score (nSPS) is 14.0. The van der Waals surface area contributed by atoms with Crippen molar-refractivity contribution in [2.45, 2.75) is 328 Å². The first-order valence-electron chi connectivity index (χ1n) is 33.6. The van der Waals surface area contributed by atoms with Crippen LogP contribution in [-0.2, 0) is 27.9 Å². The van der Waals surface area contributed by atoms with Crippen molar-refractivity contribution < 1.29 is 37.3 Å². The van der Waals surface area contributed by atoms with Crippen LogP contribution in [-0.4, -0.2) is 74.3 Å². The lowest BCUT2D eigenvalue weighted by atomic mass is 10.0. The summed E-state index contributed by atoms with van der Waals surface area (Å²) in [5, 5.41) is 3.07. The zero-order chi connectivity index (χ0) is 57.9. The van der Waals surface area contributed by atoms with E-state index < -0.39 is 20.0 Å². The van der Waals surface area contributed by atoms with Gasteiger partial charge in [0.1, 0.15) is 19.3 Å². The Labute approximate surface area is 490 Å². The number of unbranched alkanes of at least 4 members (excludes halogenated alkanes) is 37. The molecule has 0 rings (SSSR count). The van der Waals surface area contributed by atoms with Gasteiger partial charge in [0.2, 0.25) is 5.91 Å². The third-order valence-electron chi connectivity index (χ3n) is 14.9. The minimum absolute atomic E-state index is 0.0391. The first-order valence-corrected chi connectivity index (χ1v) is 35.1. The van der Waals surface area contributed by atoms with Crippen LogP contribution in [0.1, 0.15) is 316 Å². The second-order valence-electron chi connectivity index (χ2n) is 24.0. The molecular formula is C69H130N2O7P+. The first kappa shape index (κ1) is 76.7. The minimum Gasteiger partial charge on any atom is -0.456 e. The zero-order valence-electron chi connectivity index (χ0n) is 52.9. The van der Waals surface area contributed by atoms with Crippen LogP contribution < -0.4 is 5.32 Å². The zero-order valence-corrected chi connectivity index (χ0v) is 53.8. The SMILES string of the molecule is CCCCC/C=C\C/C=C\CCCCCCCCCCCCCCCC(=O)NC(COP(=O)(O)OCC[N+](C)(C)C)C(/C=C\CCCCCCCCCCC)OC(=O)CCCCCCCCCCC/C=C\C/C=C\CCCCC. The topological polar surface area (TPSA) is 111 Å². The summed E-state index contributed by atoms with van der Waals surface area (Å²) in [6.45, 7) is 6.99. The Kier molecular flexibility index (Phi) is 57.2. The van der Waals surface area contributed by atoms with Crippen LogP contribution in [0.15, 0.2) is 60.8 Å². The molecule has 0 bridgehead atoms. The summed E-state index contributed by atoms with van der Waals surface area (Å²) in [6.07, 6.45) is 75.1. The van der Waals surface area contributed by atoms with Crippen LogP contribution in [0.2, 0.25) is 0 Å². The number of ether oxygens (including phenoxy) is 1. The molecule has 79 heavy (non-hydrogen) atoms. The number of quaternary nitrogens is 1. The van der Waals surface area contributed by atoms with Crippen molar-refractivity contribution in [2.24, 2.45) is 0 Å². The molecule has 0 aliphatic rings. The number of phosphoric ester groups is 1. The number of amides is 1. The Hall–Kier alpha value is -2.29. The van der Waals surface area contributed by atoms with Crippen LogP contribution in [0.3, 0.4) is 0 Å². The Morgan fingerprint density at radius 1 is 0.443 bits per heavy atom. The number of carbonyl (C=O) groups is 2. The van der Waals surface area contributed by atoms with Gasteiger partial charge in [0.15, 0.2) is 0 Å². The number of carbonyl (C=O) groups excluding carboxylic acids is 2. The molecule has 0 saturated carbocycles. The molecule has 9 nitrogen and oxygen atoms in total. The molecule has 0 aromatic heterocycles. The van der Waals surface area contributed by atoms with Crippen molar-refractivity contribution in [3.8, 4) is 0 Å². The van der Waals surface area contributed by atoms with Crippen molar-refractivity contribution in [3.63, 3.8) is 0 Å². The van der Waals surface area contributed by atoms with Gasteiger partial charge in [0.25, 0.3) is 0 Å². The summed E-state index contributed by atoms with van der Waals surface area (Å²) >= 11 is 0. The van der Waals surface area contributed by atoms with Gasteiger partial charge in [-0.3, -0.25) is 18.6 Å². The van der Waals surface area contributed by atoms with E-state index in [1.807, 2.05) is 33.3 Å². The van der Waals surface area contributed by atoms with Gasteiger partial charge >= 0.3 is 13.8 Å². The average Bonchev–Trinajstić information content (AvgIpc) is 3.41. The van der Waals surface area contributed by atoms with E-state index in [9.17, 15) is 19.0 Å². The van der Waals surface area contributed by atoms with Crippen molar-refractivity contribution in [1.82, 2.24) is 5.32 Å². The van der Waals surface area contributed by atoms with Crippen LogP contribution in [0.5, 0.6) is 0 Å². The van der Waals surface area contributed by atoms with Crippen molar-refractivity contribution in [2.75, 3.05) is 40.9 Å². The second-order valence-corrected chi connectivity index (χ2v) is 25.4. The third kappa shape index (κ3) is 60.1. The number of hydrogen-bond donors (Lipinski definition) is 2. The molecule has 3 unspecified atom stereocenters. The van der Waals surface area contributed by atoms with Gasteiger partial charge in [-0.1, -0.05) is 268 Å². The predicted molar refractivity (Wildman–Crippen MR) is 342 cm³/mol. The van der Waals surface area contributed by atoms with Crippen LogP contribution in [0.4, 0.5) is 0 Å². The second kappa shape index (κ2) is 58.9. The molecule has 0 heterocycles. The highest BCUT2D eigenvalue weighted by Crippen LogP contribution is 2.43. The number of nitrogens with zero attached hydrogens (tertiary/aromatic N) is 1. The molecular weight excluding hydrogens is 1000 g/mol. The van der Waals surface area contributed by atoms with E-state index in [-0.39, 0.29) is 31.5 Å². The summed E-state index contributed by atoms with van der Waals surface area (Å²) in [6, 6.07) is -0.851. The standard InChI is InChI=1S/C69H129N2O7P/c1-7-10-13-16-19-22-25-27-29-31-33-34-35-36-38-39-41-43-46-49-52-55-58-61-68(72)70-66(65-77-79(74,75)76-64-63-71(4,5)6)67(60-57-54-51-48-45-24-21-18-15-12-9-3)78-69(73)62-59-56-53-50-47-44-42-40-37-32-30-28-26-23-20-17-14-11-8-2/h19-20,22-23,27-30,57,60,66-67H,7-18,21,24-26,31-56,58-59,61-65H2,1-6H3,(H-,70,72,74,75)/p+1/b22-19-,23-20-,29-27-,30-28-,60-57-. The van der Waals surface area contributed by atoms with E-state index in [1.165, 1.54) is 212 Å². The van der Waals surface area contributed by atoms with Crippen molar-refractivity contribution in [1.29, 1.82) is 0 Å². The first-order chi connectivity index (χ1) is 38.4. The predicted octanol–water partition coefficient (Wildman–Crippen LogP) is 21.0. The van der Waals surface area contributed by atoms with Crippen LogP contribution in [0, 0.1) is 0 Å². The van der Waals surface area contributed by atoms with Crippen molar-refractivity contribution >= 4 is 19.7 Å². The Morgan fingerprint density at radius 2 is 0.772 bits per heavy atom. The van der Waals surface area contributed by atoms with E-state index in [0.29, 0.717) is 17.4 Å². The fourth-order valence-electron chi connectivity index (χ4n) is 9.71. The van der Waals surface area contributed by atoms with Gasteiger partial charge < -0.3 is 19.4 Å². The molecule has 0 aliphatic carbocycles. The van der Waals surface area contributed by atoms with E-state index in [0.717, 1.165) is 70.6 Å². The molecule has 0 spiro atoms. The smallest absolute Gasteiger partial charge is 0.456 e. The molecule has 0 aromatic carbocycles. The van der Waals surface area contributed by atoms with Gasteiger partial charge in [-0.15, -0.1) is 0 Å². The van der Waals surface area contributed by atoms with Gasteiger partial charge in [-0.05, 0) is 96.0 Å². The summed E-state index contributed by atoms with van der Waals surface area (Å²) in [5.41, 5.74) is 0. The number of likely N-dealkylation sites (N-methyl/N-ethyl adjacent to an activating group) is 1. The highest BCUT2D eigenvalue weighted by molar-refractivity contribution is 7.47. The molecule has 0 aliphatic heterocycles. The third-order valence-corrected chi connectivity index (χ3v) is 15.9. The fourth-order valence-corrected chi connectivity index (χ4v) is 10.4. The number of hydrogen-bond acceptors (Lipinski definition) is 6. The minimum atomic E-state index is -4.45. The number of rotatable bonds is 61. The van der Waals surface area contributed by atoms with Gasteiger partial charge in [-0.2, -0.15) is 0 Å². The Balaban J connectivity index is 5.09. The number of nitrogens with one attached hydrogen (secondary N) is 1. The molecule has 0 aromatic rings. The van der Waals surface area contributed by atoms with Crippen LogP contribution in [0.25, 0.3) is 0 Å². The highest BCUT2D eigenvalue weighted by Gasteiger charge is 2.30. The van der Waals surface area contributed by atoms with Gasteiger partial charge in [-0.25, -0.2) is 4.57 Å². The van der Waals surface area contributed by atoms with E-state index in [2.05, 4.69) is 74.7 Å². The van der Waals surface area contributed by atoms with Gasteiger partial charge in [0.05, 0.1) is 33.8 Å². The molecule has 0 radical (unpaired) electrons. The van der Waals surface area contributed by atoms with Crippen molar-refractivity contribution in [3.05, 3.63) is 60.8 Å². The number of esters is 1. The summed E-state index contributed by atoms with van der Waals surface area (Å²) in [4.78, 5) is 37.8. The van der Waals surface area contributed by atoms with Crippen LogP contribution >= 0.6 is 7.82 Å². The monoisotopic (exact) mass is 1130 g/mol. The maximum Gasteiger partial charge on any atom is 0.472 e. The van der Waals surface area contributed by atoms with E-state index in [4.69, 9.17) is 13.8 Å². The highest BCUT2D eigenvalue weighted by atomic mass is 31.2. The van der Waals surface area contributed by atoms with E-state index in [1.54, 1.807) is 0 Å². The molecule has 2 N–H and O–H groups in total. The number of phosphoric acid groups is 1. The average molecular weight is 1130 g/mol. The quantitative estimate of drug-likeness (QED) is 0.0205. The molecule has 0 saturated heterocycles. The van der Waals surface area contributed by atoms with Gasteiger partial charge in [0, 0.05) is 12.8 Å².